The van der Waals surface area contributed by atoms with Gasteiger partial charge in [0.15, 0.2) is 0 Å². The molecule has 30 heavy (non-hydrogen) atoms. The second-order valence-electron chi connectivity index (χ2n) is 9.18. The van der Waals surface area contributed by atoms with Crippen molar-refractivity contribution in [2.45, 2.75) is 41.5 Å². The third-order valence-corrected chi connectivity index (χ3v) is 13.3. The van der Waals surface area contributed by atoms with Crippen LogP contribution in [0.3, 0.4) is 0 Å². The van der Waals surface area contributed by atoms with Crippen LogP contribution in [0, 0.1) is 10.8 Å². The van der Waals surface area contributed by atoms with Gasteiger partial charge < -0.3 is 0 Å². The fourth-order valence-corrected chi connectivity index (χ4v) is 13.2. The summed E-state index contributed by atoms with van der Waals surface area (Å²) in [6.07, 6.45) is 6.29. The molecule has 0 bridgehead atoms. The van der Waals surface area contributed by atoms with Gasteiger partial charge in [-0.15, -0.1) is 0 Å². The van der Waals surface area contributed by atoms with Gasteiger partial charge in [0.05, 0.1) is 0 Å². The molecular formula is C26H30O2Se2. The quantitative estimate of drug-likeness (QED) is 0.319. The maximum atomic E-state index is 11.5. The zero-order valence-corrected chi connectivity index (χ0v) is 22.0. The molecule has 2 rings (SSSR count). The first-order valence-corrected chi connectivity index (χ1v) is 16.0. The first-order chi connectivity index (χ1) is 14.1. The van der Waals surface area contributed by atoms with Crippen LogP contribution in [0.4, 0.5) is 0 Å². The van der Waals surface area contributed by atoms with E-state index in [-0.39, 0.29) is 37.1 Å². The van der Waals surface area contributed by atoms with E-state index in [1.807, 2.05) is 48.5 Å². The van der Waals surface area contributed by atoms with Gasteiger partial charge in [0.2, 0.25) is 0 Å². The van der Waals surface area contributed by atoms with E-state index in [1.54, 1.807) is 0 Å². The van der Waals surface area contributed by atoms with Gasteiger partial charge in [0, 0.05) is 0 Å². The Hall–Kier alpha value is -1.70. The minimum atomic E-state index is 0.0292. The van der Waals surface area contributed by atoms with E-state index in [4.69, 9.17) is 0 Å². The van der Waals surface area contributed by atoms with Crippen LogP contribution in [-0.4, -0.2) is 38.8 Å². The number of hydrogen-bond acceptors (Lipinski definition) is 2. The summed E-state index contributed by atoms with van der Waals surface area (Å²) in [5, 5.41) is 0. The van der Waals surface area contributed by atoms with E-state index >= 15 is 0 Å². The van der Waals surface area contributed by atoms with Gasteiger partial charge in [-0.05, 0) is 0 Å². The third kappa shape index (κ3) is 6.93. The van der Waals surface area contributed by atoms with Crippen LogP contribution in [-0.2, 0) is 0 Å². The maximum absolute atomic E-state index is 11.5. The standard InChI is InChI=1S/C26H30O2Se2/c1-25(2,3)23(15-19-11-7-9-13-21(19)17-27)29-30-24(26(4,5)6)16-20-12-8-10-14-22(20)18-28/h7-18H,1-6H3/b23-15-,24-16-. The molecule has 0 saturated carbocycles. The fraction of sp³-hybridized carbons (Fsp3) is 0.308. The molecule has 0 spiro atoms. The van der Waals surface area contributed by atoms with E-state index < -0.39 is 0 Å². The molecule has 0 saturated heterocycles. The van der Waals surface area contributed by atoms with Crippen LogP contribution in [0.25, 0.3) is 12.2 Å². The molecule has 0 atom stereocenters. The fourth-order valence-electron chi connectivity index (χ4n) is 2.60. The molecule has 0 unspecified atom stereocenters. The number of hydrogen-bond donors (Lipinski definition) is 0. The van der Waals surface area contributed by atoms with Crippen LogP contribution < -0.4 is 0 Å². The molecule has 2 nitrogen and oxygen atoms in total. The van der Waals surface area contributed by atoms with Crippen molar-refractivity contribution in [1.82, 2.24) is 0 Å². The molecular weight excluding hydrogens is 502 g/mol. The third-order valence-electron chi connectivity index (χ3n) is 4.52. The van der Waals surface area contributed by atoms with Crippen LogP contribution in [0.5, 0.6) is 0 Å². The van der Waals surface area contributed by atoms with Gasteiger partial charge in [0.1, 0.15) is 0 Å². The molecule has 2 aromatic carbocycles. The van der Waals surface area contributed by atoms with Gasteiger partial charge in [-0.1, -0.05) is 0 Å². The van der Waals surface area contributed by atoms with Crippen molar-refractivity contribution in [3.05, 3.63) is 79.7 Å². The molecule has 0 amide bonds. The van der Waals surface area contributed by atoms with Crippen molar-refractivity contribution in [2.24, 2.45) is 10.8 Å². The van der Waals surface area contributed by atoms with Gasteiger partial charge in [-0.25, -0.2) is 0 Å². The number of aldehydes is 2. The van der Waals surface area contributed by atoms with E-state index in [9.17, 15) is 9.59 Å². The van der Waals surface area contributed by atoms with Crippen molar-refractivity contribution in [3.8, 4) is 0 Å². The van der Waals surface area contributed by atoms with E-state index in [0.29, 0.717) is 0 Å². The number of carbonyl (C=O) groups excluding carboxylic acids is 2. The zero-order valence-electron chi connectivity index (χ0n) is 18.6. The number of benzene rings is 2. The molecule has 0 fully saturated rings. The molecule has 158 valence electrons. The molecule has 0 aliphatic rings. The zero-order chi connectivity index (χ0) is 22.4. The van der Waals surface area contributed by atoms with Gasteiger partial charge >= 0.3 is 193 Å². The second-order valence-corrected chi connectivity index (χ2v) is 15.4. The molecule has 0 heterocycles. The minimum absolute atomic E-state index is 0.0292. The van der Waals surface area contributed by atoms with Crippen molar-refractivity contribution < 1.29 is 9.59 Å². The van der Waals surface area contributed by atoms with E-state index in [2.05, 4.69) is 53.7 Å². The van der Waals surface area contributed by atoms with Crippen LogP contribution in [0.2, 0.25) is 0 Å². The average molecular weight is 532 g/mol. The Labute approximate surface area is 192 Å². The van der Waals surface area contributed by atoms with Crippen LogP contribution in [0.15, 0.2) is 57.5 Å². The van der Waals surface area contributed by atoms with Crippen LogP contribution >= 0.6 is 0 Å². The second kappa shape index (κ2) is 10.6. The number of rotatable bonds is 7. The Bertz CT molecular complexity index is 878. The Morgan fingerprint density at radius 2 is 0.900 bits per heavy atom. The normalized spacial score (nSPS) is 13.3. The predicted octanol–water partition coefficient (Wildman–Crippen LogP) is 6.11. The van der Waals surface area contributed by atoms with Crippen LogP contribution in [0.1, 0.15) is 73.4 Å². The summed E-state index contributed by atoms with van der Waals surface area (Å²) in [5.74, 6) is 0. The first kappa shape index (κ1) is 24.6. The summed E-state index contributed by atoms with van der Waals surface area (Å²) in [6.45, 7) is 13.4. The van der Waals surface area contributed by atoms with E-state index in [1.165, 1.54) is 8.94 Å². The molecule has 0 N–H and O–H groups in total. The van der Waals surface area contributed by atoms with Crippen molar-refractivity contribution in [3.63, 3.8) is 0 Å². The van der Waals surface area contributed by atoms with Gasteiger partial charge in [-0.3, -0.25) is 0 Å². The molecule has 0 aliphatic carbocycles. The number of carbonyl (C=O) groups is 2. The van der Waals surface area contributed by atoms with Crippen molar-refractivity contribution >= 4 is 51.0 Å². The summed E-state index contributed by atoms with van der Waals surface area (Å²) in [5.41, 5.74) is 3.50. The summed E-state index contributed by atoms with van der Waals surface area (Å²) >= 11 is 0.549. The van der Waals surface area contributed by atoms with E-state index in [0.717, 1.165) is 34.8 Å². The Balaban J connectivity index is 2.42. The molecule has 0 radical (unpaired) electrons. The van der Waals surface area contributed by atoms with Crippen molar-refractivity contribution in [2.75, 3.05) is 0 Å². The summed E-state index contributed by atoms with van der Waals surface area (Å²) in [7, 11) is 0. The Kier molecular flexibility index (Phi) is 8.64. The van der Waals surface area contributed by atoms with Gasteiger partial charge in [0.25, 0.3) is 0 Å². The van der Waals surface area contributed by atoms with Gasteiger partial charge in [-0.2, -0.15) is 0 Å². The summed E-state index contributed by atoms with van der Waals surface area (Å²) in [4.78, 5) is 22.9. The molecule has 4 heteroatoms. The topological polar surface area (TPSA) is 34.1 Å². The number of allylic oxidation sites excluding steroid dienone is 2. The Morgan fingerprint density at radius 3 is 1.17 bits per heavy atom. The molecule has 0 aromatic heterocycles. The molecule has 2 aromatic rings. The summed E-state index contributed by atoms with van der Waals surface area (Å²) < 4.78 is 2.78. The average Bonchev–Trinajstić information content (AvgIpc) is 2.68. The first-order valence-electron chi connectivity index (χ1n) is 9.93. The Morgan fingerprint density at radius 1 is 0.600 bits per heavy atom. The SMILES string of the molecule is CC(C)(C)/C(=C/c1ccccc1C=O)[Se][Se]/C(=C\c1ccccc1C=O)C(C)(C)C. The monoisotopic (exact) mass is 534 g/mol. The summed E-state index contributed by atoms with van der Waals surface area (Å²) in [6, 6.07) is 15.5. The predicted molar refractivity (Wildman–Crippen MR) is 130 cm³/mol. The molecule has 0 aliphatic heterocycles. The van der Waals surface area contributed by atoms with Crippen molar-refractivity contribution in [1.29, 1.82) is 0 Å².